The van der Waals surface area contributed by atoms with E-state index in [9.17, 15) is 19.7 Å². The number of hydrogen-bond donors (Lipinski definition) is 0. The van der Waals surface area contributed by atoms with Gasteiger partial charge in [-0.05, 0) is 41.2 Å². The third kappa shape index (κ3) is 4.25. The first-order chi connectivity index (χ1) is 14.9. The van der Waals surface area contributed by atoms with Crippen LogP contribution in [0.2, 0.25) is 0 Å². The van der Waals surface area contributed by atoms with Gasteiger partial charge in [0.05, 0.1) is 4.92 Å². The highest BCUT2D eigenvalue weighted by molar-refractivity contribution is 6.51. The second-order valence-corrected chi connectivity index (χ2v) is 7.27. The number of oxime groups is 1. The van der Waals surface area contributed by atoms with Crippen LogP contribution in [0.4, 0.5) is 5.69 Å². The first-order valence-electron chi connectivity index (χ1n) is 9.66. The Hall–Kier alpha value is -4.13. The third-order valence-electron chi connectivity index (χ3n) is 5.16. The molecule has 0 spiro atoms. The molecule has 0 saturated carbocycles. The zero-order valence-corrected chi connectivity index (χ0v) is 16.7. The minimum absolute atomic E-state index is 0.0302. The maximum Gasteiger partial charge on any atom is 0.332 e. The lowest BCUT2D eigenvalue weighted by molar-refractivity contribution is -0.384. The van der Waals surface area contributed by atoms with Crippen molar-refractivity contribution < 1.29 is 19.3 Å². The van der Waals surface area contributed by atoms with Gasteiger partial charge in [-0.3, -0.25) is 14.9 Å². The fraction of sp³-hybridized carbons (Fsp3) is 0.125. The molecule has 0 aromatic heterocycles. The number of carbonyl (C=O) groups is 2. The molecule has 7 nitrogen and oxygen atoms in total. The summed E-state index contributed by atoms with van der Waals surface area (Å²) in [5.41, 5.74) is 4.93. The molecule has 154 valence electrons. The number of fused-ring (bicyclic) bond motifs is 2. The fourth-order valence-corrected chi connectivity index (χ4v) is 3.65. The van der Waals surface area contributed by atoms with E-state index in [1.165, 1.54) is 13.0 Å². The molecule has 0 fully saturated rings. The average molecular weight is 414 g/mol. The van der Waals surface area contributed by atoms with Crippen molar-refractivity contribution in [3.05, 3.63) is 110 Å². The lowest BCUT2D eigenvalue weighted by Crippen LogP contribution is -2.18. The van der Waals surface area contributed by atoms with E-state index >= 15 is 0 Å². The Morgan fingerprint density at radius 3 is 2.19 bits per heavy atom. The van der Waals surface area contributed by atoms with Crippen LogP contribution in [-0.4, -0.2) is 22.4 Å². The Balaban J connectivity index is 1.68. The second kappa shape index (κ2) is 8.31. The molecule has 3 aromatic rings. The Kier molecular flexibility index (Phi) is 5.41. The van der Waals surface area contributed by atoms with Crippen LogP contribution in [-0.2, 0) is 22.5 Å². The van der Waals surface area contributed by atoms with Crippen molar-refractivity contribution >= 4 is 23.2 Å². The van der Waals surface area contributed by atoms with Gasteiger partial charge in [0.2, 0.25) is 5.78 Å². The van der Waals surface area contributed by atoms with E-state index in [0.29, 0.717) is 24.0 Å². The van der Waals surface area contributed by atoms with Crippen molar-refractivity contribution in [1.82, 2.24) is 0 Å². The summed E-state index contributed by atoms with van der Waals surface area (Å²) in [6.07, 6.45) is 1.14. The van der Waals surface area contributed by atoms with Gasteiger partial charge in [-0.1, -0.05) is 53.7 Å². The molecule has 0 N–H and O–H groups in total. The van der Waals surface area contributed by atoms with Crippen LogP contribution in [0.3, 0.4) is 0 Å². The summed E-state index contributed by atoms with van der Waals surface area (Å²) in [6.45, 7) is 1.21. The fourth-order valence-electron chi connectivity index (χ4n) is 3.65. The van der Waals surface area contributed by atoms with Crippen LogP contribution in [0.1, 0.15) is 45.1 Å². The van der Waals surface area contributed by atoms with Gasteiger partial charge in [0.25, 0.3) is 5.69 Å². The molecule has 0 amide bonds. The quantitative estimate of drug-likeness (QED) is 0.160. The standard InChI is InChI=1S/C24H18N2O5/c1-15(27)31-25-23(16-5-3-2-4-6-16)24(28)19-8-7-17-11-18-9-10-22(26(29)30)14-21(18)13-20(17)12-19/h2-10,12,14H,11,13H2,1H3/b25-23+. The van der Waals surface area contributed by atoms with Gasteiger partial charge in [0.15, 0.2) is 5.71 Å². The number of hydrogen-bond acceptors (Lipinski definition) is 6. The number of nitro groups is 1. The molecule has 0 saturated heterocycles. The first-order valence-corrected chi connectivity index (χ1v) is 9.66. The topological polar surface area (TPSA) is 98.9 Å². The molecule has 7 heteroatoms. The monoisotopic (exact) mass is 414 g/mol. The van der Waals surface area contributed by atoms with Gasteiger partial charge < -0.3 is 4.84 Å². The molecule has 0 aliphatic heterocycles. The molecule has 1 aliphatic rings. The molecule has 0 unspecified atom stereocenters. The zero-order valence-electron chi connectivity index (χ0n) is 16.7. The largest absolute Gasteiger partial charge is 0.332 e. The maximum atomic E-state index is 13.2. The van der Waals surface area contributed by atoms with Crippen LogP contribution < -0.4 is 0 Å². The highest BCUT2D eigenvalue weighted by Gasteiger charge is 2.22. The van der Waals surface area contributed by atoms with E-state index < -0.39 is 10.9 Å². The van der Waals surface area contributed by atoms with Crippen LogP contribution in [0.25, 0.3) is 0 Å². The molecule has 0 heterocycles. The summed E-state index contributed by atoms with van der Waals surface area (Å²) in [5.74, 6) is -0.995. The normalized spacial score (nSPS) is 12.5. The van der Waals surface area contributed by atoms with Crippen molar-refractivity contribution in [2.45, 2.75) is 19.8 Å². The Labute approximate surface area is 178 Å². The van der Waals surface area contributed by atoms with Crippen molar-refractivity contribution in [1.29, 1.82) is 0 Å². The van der Waals surface area contributed by atoms with Crippen molar-refractivity contribution in [3.8, 4) is 0 Å². The van der Waals surface area contributed by atoms with E-state index in [4.69, 9.17) is 4.84 Å². The number of rotatable bonds is 5. The Morgan fingerprint density at radius 1 is 0.871 bits per heavy atom. The van der Waals surface area contributed by atoms with E-state index in [-0.39, 0.29) is 17.2 Å². The lowest BCUT2D eigenvalue weighted by atomic mass is 9.84. The molecule has 0 bridgehead atoms. The predicted octanol–water partition coefficient (Wildman–Crippen LogP) is 4.24. The van der Waals surface area contributed by atoms with Gasteiger partial charge >= 0.3 is 5.97 Å². The SMILES string of the molecule is CC(=O)O/N=C(/C(=O)c1ccc2c(c1)Cc1cc([N+](=O)[O-])ccc1C2)c1ccccc1. The molecular weight excluding hydrogens is 396 g/mol. The molecule has 1 aliphatic carbocycles. The first kappa shape index (κ1) is 20.2. The van der Waals surface area contributed by atoms with Gasteiger partial charge in [-0.15, -0.1) is 0 Å². The predicted molar refractivity (Wildman–Crippen MR) is 114 cm³/mol. The summed E-state index contributed by atoms with van der Waals surface area (Å²) in [6, 6.07) is 19.1. The van der Waals surface area contributed by atoms with Gasteiger partial charge in [0, 0.05) is 30.2 Å². The molecule has 0 radical (unpaired) electrons. The maximum absolute atomic E-state index is 13.2. The van der Waals surface area contributed by atoms with Crippen LogP contribution in [0.15, 0.2) is 71.9 Å². The third-order valence-corrected chi connectivity index (χ3v) is 5.16. The Bertz CT molecular complexity index is 1230. The van der Waals surface area contributed by atoms with Crippen LogP contribution in [0.5, 0.6) is 0 Å². The van der Waals surface area contributed by atoms with Crippen molar-refractivity contribution in [2.24, 2.45) is 5.16 Å². The summed E-state index contributed by atoms with van der Waals surface area (Å²) < 4.78 is 0. The number of non-ortho nitro benzene ring substituents is 1. The van der Waals surface area contributed by atoms with Gasteiger partial charge in [-0.2, -0.15) is 0 Å². The highest BCUT2D eigenvalue weighted by Crippen LogP contribution is 2.30. The Morgan fingerprint density at radius 2 is 1.52 bits per heavy atom. The summed E-state index contributed by atoms with van der Waals surface area (Å²) in [5, 5.41) is 14.9. The van der Waals surface area contributed by atoms with E-state index in [0.717, 1.165) is 22.3 Å². The average Bonchev–Trinajstić information content (AvgIpc) is 2.77. The smallest absolute Gasteiger partial charge is 0.318 e. The number of benzene rings is 3. The van der Waals surface area contributed by atoms with Crippen molar-refractivity contribution in [2.75, 3.05) is 0 Å². The van der Waals surface area contributed by atoms with E-state index in [1.54, 1.807) is 48.5 Å². The number of carbonyl (C=O) groups excluding carboxylic acids is 2. The second-order valence-electron chi connectivity index (χ2n) is 7.27. The zero-order chi connectivity index (χ0) is 22.0. The van der Waals surface area contributed by atoms with Gasteiger partial charge in [-0.25, -0.2) is 4.79 Å². The lowest BCUT2D eigenvalue weighted by Gasteiger charge is -2.20. The number of Topliss-reactive ketones (excluding diaryl/α,β-unsaturated/α-hetero) is 1. The summed E-state index contributed by atoms with van der Waals surface area (Å²) >= 11 is 0. The van der Waals surface area contributed by atoms with Crippen LogP contribution >= 0.6 is 0 Å². The molecular formula is C24H18N2O5. The molecule has 3 aromatic carbocycles. The number of nitrogens with zero attached hydrogens (tertiary/aromatic N) is 2. The van der Waals surface area contributed by atoms with Crippen LogP contribution in [0, 0.1) is 10.1 Å². The number of nitro benzene ring substituents is 1. The minimum atomic E-state index is -0.620. The highest BCUT2D eigenvalue weighted by atomic mass is 16.7. The van der Waals surface area contributed by atoms with E-state index in [1.807, 2.05) is 12.1 Å². The van der Waals surface area contributed by atoms with Gasteiger partial charge in [0.1, 0.15) is 0 Å². The number of ketones is 1. The molecule has 4 rings (SSSR count). The van der Waals surface area contributed by atoms with E-state index in [2.05, 4.69) is 5.16 Å². The minimum Gasteiger partial charge on any atom is -0.318 e. The van der Waals surface area contributed by atoms with Crippen molar-refractivity contribution in [3.63, 3.8) is 0 Å². The molecule has 0 atom stereocenters. The summed E-state index contributed by atoms with van der Waals surface area (Å²) in [7, 11) is 0. The summed E-state index contributed by atoms with van der Waals surface area (Å²) in [4.78, 5) is 39.9. The molecule has 31 heavy (non-hydrogen) atoms.